The van der Waals surface area contributed by atoms with Crippen LogP contribution >= 0.6 is 0 Å². The zero-order chi connectivity index (χ0) is 28.3. The Morgan fingerprint density at radius 3 is 2.37 bits per heavy atom. The summed E-state index contributed by atoms with van der Waals surface area (Å²) in [6.07, 6.45) is 7.42. The third-order valence-electron chi connectivity index (χ3n) is 8.48. The number of benzene rings is 3. The molecule has 3 aromatic rings. The summed E-state index contributed by atoms with van der Waals surface area (Å²) in [5.41, 5.74) is 1.33. The number of hydrogen-bond donors (Lipinski definition) is 1. The van der Waals surface area contributed by atoms with E-state index in [1.165, 1.54) is 19.3 Å². The third kappa shape index (κ3) is 7.69. The van der Waals surface area contributed by atoms with Gasteiger partial charge in [-0.15, -0.1) is 0 Å². The van der Waals surface area contributed by atoms with Gasteiger partial charge in [-0.2, -0.15) is 0 Å². The number of piperidine rings is 1. The molecule has 2 aliphatic heterocycles. The fraction of sp³-hybridized carbons (Fsp3) is 0.486. The molecule has 41 heavy (non-hydrogen) atoms. The SMILES string of the molecule is COc1cccc(C(CCOC2CCCCO2)C(O)(c2ccccc2)c2ccc(OCCN3CCCCC3)cc2)c1. The van der Waals surface area contributed by atoms with Gasteiger partial charge in [-0.3, -0.25) is 4.90 Å². The highest BCUT2D eigenvalue weighted by molar-refractivity contribution is 5.44. The third-order valence-corrected chi connectivity index (χ3v) is 8.48. The van der Waals surface area contributed by atoms with Crippen LogP contribution in [0.4, 0.5) is 0 Å². The fourth-order valence-corrected chi connectivity index (χ4v) is 6.18. The molecule has 220 valence electrons. The Morgan fingerprint density at radius 1 is 0.854 bits per heavy atom. The van der Waals surface area contributed by atoms with Crippen LogP contribution in [0.15, 0.2) is 78.9 Å². The molecule has 3 atom stereocenters. The topological polar surface area (TPSA) is 60.4 Å². The number of rotatable bonds is 13. The lowest BCUT2D eigenvalue weighted by Gasteiger charge is -2.38. The van der Waals surface area contributed by atoms with Crippen LogP contribution in [0.25, 0.3) is 0 Å². The van der Waals surface area contributed by atoms with Gasteiger partial charge < -0.3 is 24.1 Å². The van der Waals surface area contributed by atoms with Gasteiger partial charge >= 0.3 is 0 Å². The van der Waals surface area contributed by atoms with E-state index in [4.69, 9.17) is 18.9 Å². The Labute approximate surface area is 245 Å². The number of aliphatic hydroxyl groups is 1. The number of ether oxygens (including phenoxy) is 4. The molecule has 2 fully saturated rings. The highest BCUT2D eigenvalue weighted by Gasteiger charge is 2.41. The van der Waals surface area contributed by atoms with E-state index in [1.54, 1.807) is 7.11 Å². The normalized spacial score (nSPS) is 20.2. The first-order valence-electron chi connectivity index (χ1n) is 15.3. The monoisotopic (exact) mass is 559 g/mol. The number of hydrogen-bond acceptors (Lipinski definition) is 6. The predicted octanol–water partition coefficient (Wildman–Crippen LogP) is 6.51. The van der Waals surface area contributed by atoms with Crippen LogP contribution in [0.3, 0.4) is 0 Å². The quantitative estimate of drug-likeness (QED) is 0.258. The van der Waals surface area contributed by atoms with Crippen molar-refractivity contribution < 1.29 is 24.1 Å². The molecule has 2 heterocycles. The number of likely N-dealkylation sites (tertiary alicyclic amines) is 1. The van der Waals surface area contributed by atoms with Crippen LogP contribution in [-0.2, 0) is 15.1 Å². The van der Waals surface area contributed by atoms with Gasteiger partial charge in [0.05, 0.1) is 13.7 Å². The molecule has 0 spiro atoms. The molecule has 0 amide bonds. The molecule has 2 aliphatic rings. The van der Waals surface area contributed by atoms with Crippen LogP contribution in [0, 0.1) is 0 Å². The second-order valence-electron chi connectivity index (χ2n) is 11.2. The second kappa shape index (κ2) is 14.8. The van der Waals surface area contributed by atoms with Crippen LogP contribution in [0.5, 0.6) is 11.5 Å². The summed E-state index contributed by atoms with van der Waals surface area (Å²) in [6, 6.07) is 25.9. The van der Waals surface area contributed by atoms with Crippen molar-refractivity contribution in [3.63, 3.8) is 0 Å². The number of nitrogens with zero attached hydrogens (tertiary/aromatic N) is 1. The van der Waals surface area contributed by atoms with E-state index in [9.17, 15) is 5.11 Å². The summed E-state index contributed by atoms with van der Waals surface area (Å²) in [7, 11) is 1.67. The van der Waals surface area contributed by atoms with Gasteiger partial charge in [-0.05, 0) is 92.6 Å². The van der Waals surface area contributed by atoms with Crippen LogP contribution in [0.2, 0.25) is 0 Å². The van der Waals surface area contributed by atoms with Crippen molar-refractivity contribution in [1.29, 1.82) is 0 Å². The van der Waals surface area contributed by atoms with Gasteiger partial charge in [-0.1, -0.05) is 61.0 Å². The standard InChI is InChI=1S/C35H45NO5/c1-38-32-14-10-11-28(27-32)33(20-25-41-34-15-6-9-24-40-34)35(37,29-12-4-2-5-13-29)30-16-18-31(19-17-30)39-26-23-36-21-7-3-8-22-36/h2,4-5,10-14,16-19,27,33-34,37H,3,6-9,15,20-26H2,1H3. The Balaban J connectivity index is 1.40. The first kappa shape index (κ1) is 29.6. The highest BCUT2D eigenvalue weighted by atomic mass is 16.7. The minimum Gasteiger partial charge on any atom is -0.497 e. The minimum atomic E-state index is -1.31. The smallest absolute Gasteiger partial charge is 0.157 e. The first-order chi connectivity index (χ1) is 20.2. The van der Waals surface area contributed by atoms with Gasteiger partial charge in [0.15, 0.2) is 6.29 Å². The second-order valence-corrected chi connectivity index (χ2v) is 11.2. The Bertz CT molecular complexity index is 1170. The van der Waals surface area contributed by atoms with Crippen LogP contribution in [0.1, 0.15) is 67.6 Å². The molecule has 2 saturated heterocycles. The maximum absolute atomic E-state index is 12.8. The molecule has 3 unspecified atom stereocenters. The van der Waals surface area contributed by atoms with E-state index in [1.807, 2.05) is 72.8 Å². The average Bonchev–Trinajstić information content (AvgIpc) is 3.04. The van der Waals surface area contributed by atoms with E-state index >= 15 is 0 Å². The molecule has 5 rings (SSSR count). The molecule has 0 radical (unpaired) electrons. The van der Waals surface area contributed by atoms with Gasteiger partial charge in [0.2, 0.25) is 0 Å². The summed E-state index contributed by atoms with van der Waals surface area (Å²) < 4.78 is 23.7. The molecule has 0 bridgehead atoms. The van der Waals surface area contributed by atoms with Crippen molar-refractivity contribution in [2.75, 3.05) is 46.6 Å². The predicted molar refractivity (Wildman–Crippen MR) is 162 cm³/mol. The molecule has 0 aliphatic carbocycles. The summed E-state index contributed by atoms with van der Waals surface area (Å²) in [6.45, 7) is 5.14. The van der Waals surface area contributed by atoms with Crippen LogP contribution in [-0.4, -0.2) is 62.9 Å². The van der Waals surface area contributed by atoms with Crippen molar-refractivity contribution in [3.8, 4) is 11.5 Å². The lowest BCUT2D eigenvalue weighted by atomic mass is 9.71. The van der Waals surface area contributed by atoms with Crippen molar-refractivity contribution in [2.24, 2.45) is 0 Å². The largest absolute Gasteiger partial charge is 0.497 e. The van der Waals surface area contributed by atoms with E-state index in [0.29, 0.717) is 19.6 Å². The maximum Gasteiger partial charge on any atom is 0.157 e. The van der Waals surface area contributed by atoms with Gasteiger partial charge in [-0.25, -0.2) is 0 Å². The van der Waals surface area contributed by atoms with Crippen molar-refractivity contribution >= 4 is 0 Å². The van der Waals surface area contributed by atoms with Crippen molar-refractivity contribution in [1.82, 2.24) is 4.90 Å². The molecule has 0 saturated carbocycles. The van der Waals surface area contributed by atoms with Crippen LogP contribution < -0.4 is 9.47 Å². The van der Waals surface area contributed by atoms with E-state index < -0.39 is 5.60 Å². The minimum absolute atomic E-state index is 0.180. The lowest BCUT2D eigenvalue weighted by molar-refractivity contribution is -0.165. The Kier molecular flexibility index (Phi) is 10.7. The molecule has 6 nitrogen and oxygen atoms in total. The molecular formula is C35H45NO5. The summed E-state index contributed by atoms with van der Waals surface area (Å²) in [5, 5.41) is 12.8. The van der Waals surface area contributed by atoms with Gasteiger partial charge in [0.25, 0.3) is 0 Å². The molecule has 0 aromatic heterocycles. The Morgan fingerprint density at radius 2 is 1.63 bits per heavy atom. The molecule has 3 aromatic carbocycles. The summed E-state index contributed by atoms with van der Waals surface area (Å²) >= 11 is 0. The van der Waals surface area contributed by atoms with Gasteiger partial charge in [0, 0.05) is 19.1 Å². The lowest BCUT2D eigenvalue weighted by Crippen LogP contribution is -2.36. The van der Waals surface area contributed by atoms with Gasteiger partial charge in [0.1, 0.15) is 23.7 Å². The zero-order valence-corrected chi connectivity index (χ0v) is 24.4. The molecule has 1 N–H and O–H groups in total. The fourth-order valence-electron chi connectivity index (χ4n) is 6.18. The van der Waals surface area contributed by atoms with E-state index in [-0.39, 0.29) is 12.2 Å². The van der Waals surface area contributed by atoms with Crippen molar-refractivity contribution in [2.45, 2.75) is 62.8 Å². The van der Waals surface area contributed by atoms with E-state index in [0.717, 1.165) is 73.7 Å². The molecular weight excluding hydrogens is 514 g/mol. The van der Waals surface area contributed by atoms with E-state index in [2.05, 4.69) is 11.0 Å². The zero-order valence-electron chi connectivity index (χ0n) is 24.4. The summed E-state index contributed by atoms with van der Waals surface area (Å²) in [5.74, 6) is 1.28. The number of methoxy groups -OCH3 is 1. The Hall–Kier alpha value is -2.90. The van der Waals surface area contributed by atoms with Crippen molar-refractivity contribution in [3.05, 3.63) is 95.6 Å². The summed E-state index contributed by atoms with van der Waals surface area (Å²) in [4.78, 5) is 2.48. The first-order valence-corrected chi connectivity index (χ1v) is 15.3. The average molecular weight is 560 g/mol. The molecule has 6 heteroatoms. The highest BCUT2D eigenvalue weighted by Crippen LogP contribution is 2.45. The maximum atomic E-state index is 12.8.